The zero-order chi connectivity index (χ0) is 8.97. The molecule has 1 aromatic carbocycles. The number of hydrogen-bond donors (Lipinski definition) is 1. The molecule has 12 heavy (non-hydrogen) atoms. The Morgan fingerprint density at radius 1 is 1.33 bits per heavy atom. The van der Waals surface area contributed by atoms with Crippen molar-refractivity contribution in [1.82, 2.24) is 0 Å². The summed E-state index contributed by atoms with van der Waals surface area (Å²) >= 11 is 0. The molecule has 2 N–H and O–H groups in total. The van der Waals surface area contributed by atoms with Crippen molar-refractivity contribution in [3.8, 4) is 0 Å². The van der Waals surface area contributed by atoms with Gasteiger partial charge in [0, 0.05) is 6.42 Å². The molecule has 0 aliphatic rings. The van der Waals surface area contributed by atoms with Crippen LogP contribution >= 0.6 is 0 Å². The normalized spacial score (nSPS) is 9.67. The number of benzene rings is 1. The number of aryl methyl sites for hydroxylation is 1. The minimum absolute atomic E-state index is 0.271. The van der Waals surface area contributed by atoms with Gasteiger partial charge in [-0.25, -0.2) is 0 Å². The second kappa shape index (κ2) is 3.95. The van der Waals surface area contributed by atoms with Gasteiger partial charge in [0.15, 0.2) is 0 Å². The number of carbonyl (C=O) groups excluding carboxylic acids is 1. The Morgan fingerprint density at radius 2 is 1.92 bits per heavy atom. The Hall–Kier alpha value is -1.25. The number of carbonyl (C=O) groups is 1. The van der Waals surface area contributed by atoms with Gasteiger partial charge >= 0.3 is 0 Å². The summed E-state index contributed by atoms with van der Waals surface area (Å²) in [6.45, 7) is 0. The lowest BCUT2D eigenvalue weighted by Crippen LogP contribution is -2.11. The molecule has 0 saturated heterocycles. The van der Waals surface area contributed by atoms with E-state index in [4.69, 9.17) is 13.6 Å². The van der Waals surface area contributed by atoms with Crippen molar-refractivity contribution in [3.05, 3.63) is 29.8 Å². The Bertz CT molecular complexity index is 268. The summed E-state index contributed by atoms with van der Waals surface area (Å²) in [5.41, 5.74) is 6.83. The molecular formula is C9H10BNO. The quantitative estimate of drug-likeness (QED) is 0.614. The average molecular weight is 159 g/mol. The third kappa shape index (κ3) is 2.78. The molecule has 0 aliphatic heterocycles. The van der Waals surface area contributed by atoms with Gasteiger partial charge in [0.05, 0.1) is 0 Å². The molecule has 3 heteroatoms. The molecule has 0 aromatic heterocycles. The highest BCUT2D eigenvalue weighted by atomic mass is 16.1. The summed E-state index contributed by atoms with van der Waals surface area (Å²) < 4.78 is 0. The van der Waals surface area contributed by atoms with Crippen LogP contribution in [0.5, 0.6) is 0 Å². The standard InChI is InChI=1S/C9H10BNO/c10-8-4-1-7(2-5-8)3-6-9(11)12/h1-2,4-5H,3,6H2,(H2,11,12). The Balaban J connectivity index is 2.53. The predicted molar refractivity (Wildman–Crippen MR) is 49.3 cm³/mol. The molecule has 0 saturated carbocycles. The second-order valence-electron chi connectivity index (χ2n) is 2.71. The number of nitrogens with two attached hydrogens (primary N) is 1. The maximum absolute atomic E-state index is 10.4. The topological polar surface area (TPSA) is 43.1 Å². The molecule has 0 fully saturated rings. The van der Waals surface area contributed by atoms with E-state index < -0.39 is 0 Å². The summed E-state index contributed by atoms with van der Waals surface area (Å²) in [6.07, 6.45) is 1.08. The average Bonchev–Trinajstić information content (AvgIpc) is 2.03. The summed E-state index contributed by atoms with van der Waals surface area (Å²) in [6, 6.07) is 7.43. The fourth-order valence-electron chi connectivity index (χ4n) is 0.952. The van der Waals surface area contributed by atoms with Crippen LogP contribution in [0.2, 0.25) is 0 Å². The SMILES string of the molecule is [B]c1ccc(CCC(N)=O)cc1. The Labute approximate surface area is 73.2 Å². The fourth-order valence-corrected chi connectivity index (χ4v) is 0.952. The van der Waals surface area contributed by atoms with Gasteiger partial charge < -0.3 is 5.73 Å². The highest BCUT2D eigenvalue weighted by molar-refractivity contribution is 6.32. The monoisotopic (exact) mass is 159 g/mol. The second-order valence-corrected chi connectivity index (χ2v) is 2.71. The van der Waals surface area contributed by atoms with E-state index in [1.165, 1.54) is 0 Å². The van der Waals surface area contributed by atoms with E-state index in [0.29, 0.717) is 12.8 Å². The van der Waals surface area contributed by atoms with Crippen molar-refractivity contribution in [3.63, 3.8) is 0 Å². The summed E-state index contributed by atoms with van der Waals surface area (Å²) in [5, 5.41) is 0. The minimum Gasteiger partial charge on any atom is -0.370 e. The van der Waals surface area contributed by atoms with E-state index in [9.17, 15) is 4.79 Å². The molecule has 1 aromatic rings. The van der Waals surface area contributed by atoms with E-state index in [-0.39, 0.29) is 5.91 Å². The minimum atomic E-state index is -0.271. The van der Waals surface area contributed by atoms with Crippen LogP contribution in [0, 0.1) is 0 Å². The van der Waals surface area contributed by atoms with Gasteiger partial charge in [-0.1, -0.05) is 29.7 Å². The number of hydrogen-bond acceptors (Lipinski definition) is 1. The van der Waals surface area contributed by atoms with Crippen LogP contribution in [0.15, 0.2) is 24.3 Å². The highest BCUT2D eigenvalue weighted by Crippen LogP contribution is 1.99. The van der Waals surface area contributed by atoms with Crippen LogP contribution < -0.4 is 11.2 Å². The van der Waals surface area contributed by atoms with Crippen LogP contribution in [0.1, 0.15) is 12.0 Å². The van der Waals surface area contributed by atoms with E-state index in [0.717, 1.165) is 11.0 Å². The van der Waals surface area contributed by atoms with Crippen LogP contribution in [0.3, 0.4) is 0 Å². The lowest BCUT2D eigenvalue weighted by Gasteiger charge is -1.98. The van der Waals surface area contributed by atoms with Crippen LogP contribution in [-0.2, 0) is 11.2 Å². The molecule has 0 unspecified atom stereocenters. The lowest BCUT2D eigenvalue weighted by atomic mass is 9.94. The van der Waals surface area contributed by atoms with Gasteiger partial charge in [-0.05, 0) is 12.0 Å². The molecule has 0 spiro atoms. The van der Waals surface area contributed by atoms with Crippen molar-refractivity contribution in [2.45, 2.75) is 12.8 Å². The highest BCUT2D eigenvalue weighted by Gasteiger charge is 1.95. The molecule has 0 heterocycles. The molecule has 0 aliphatic carbocycles. The van der Waals surface area contributed by atoms with Crippen molar-refractivity contribution >= 4 is 19.2 Å². The van der Waals surface area contributed by atoms with E-state index >= 15 is 0 Å². The molecule has 1 amide bonds. The molecule has 2 radical (unpaired) electrons. The van der Waals surface area contributed by atoms with Crippen molar-refractivity contribution in [2.75, 3.05) is 0 Å². The van der Waals surface area contributed by atoms with Gasteiger partial charge in [-0.15, -0.1) is 0 Å². The van der Waals surface area contributed by atoms with Crippen molar-refractivity contribution in [2.24, 2.45) is 5.73 Å². The van der Waals surface area contributed by atoms with Crippen molar-refractivity contribution < 1.29 is 4.79 Å². The zero-order valence-electron chi connectivity index (χ0n) is 6.79. The maximum atomic E-state index is 10.4. The smallest absolute Gasteiger partial charge is 0.217 e. The molecular weight excluding hydrogens is 149 g/mol. The number of rotatable bonds is 3. The molecule has 60 valence electrons. The first-order valence-electron chi connectivity index (χ1n) is 3.81. The number of primary amides is 1. The van der Waals surface area contributed by atoms with Gasteiger partial charge in [-0.3, -0.25) is 4.79 Å². The van der Waals surface area contributed by atoms with Crippen LogP contribution in [-0.4, -0.2) is 13.8 Å². The maximum Gasteiger partial charge on any atom is 0.217 e. The third-order valence-electron chi connectivity index (χ3n) is 1.64. The molecule has 1 rings (SSSR count). The Morgan fingerprint density at radius 3 is 2.42 bits per heavy atom. The van der Waals surface area contributed by atoms with E-state index in [1.54, 1.807) is 0 Å². The lowest BCUT2D eigenvalue weighted by molar-refractivity contribution is -0.117. The van der Waals surface area contributed by atoms with E-state index in [1.807, 2.05) is 24.3 Å². The first-order valence-corrected chi connectivity index (χ1v) is 3.81. The van der Waals surface area contributed by atoms with E-state index in [2.05, 4.69) is 0 Å². The first-order chi connectivity index (χ1) is 5.68. The van der Waals surface area contributed by atoms with Gasteiger partial charge in [-0.2, -0.15) is 0 Å². The first kappa shape index (κ1) is 8.85. The summed E-state index contributed by atoms with van der Waals surface area (Å²) in [7, 11) is 5.49. The molecule has 0 atom stereocenters. The predicted octanol–water partition coefficient (Wildman–Crippen LogP) is -0.102. The fraction of sp³-hybridized carbons (Fsp3) is 0.222. The summed E-state index contributed by atoms with van der Waals surface area (Å²) in [4.78, 5) is 10.4. The number of amides is 1. The van der Waals surface area contributed by atoms with Gasteiger partial charge in [0.2, 0.25) is 5.91 Å². The molecule has 2 nitrogen and oxygen atoms in total. The largest absolute Gasteiger partial charge is 0.370 e. The van der Waals surface area contributed by atoms with Crippen molar-refractivity contribution in [1.29, 1.82) is 0 Å². The van der Waals surface area contributed by atoms with Gasteiger partial charge in [0.1, 0.15) is 7.85 Å². The molecule has 0 bridgehead atoms. The van der Waals surface area contributed by atoms with Gasteiger partial charge in [0.25, 0.3) is 0 Å². The van der Waals surface area contributed by atoms with Crippen LogP contribution in [0.25, 0.3) is 0 Å². The summed E-state index contributed by atoms with van der Waals surface area (Å²) in [5.74, 6) is -0.271. The zero-order valence-corrected chi connectivity index (χ0v) is 6.79. The van der Waals surface area contributed by atoms with Crippen LogP contribution in [0.4, 0.5) is 0 Å². The third-order valence-corrected chi connectivity index (χ3v) is 1.64. The Kier molecular flexibility index (Phi) is 2.91.